The first kappa shape index (κ1) is 15.0. The predicted octanol–water partition coefficient (Wildman–Crippen LogP) is 2.20. The Morgan fingerprint density at radius 1 is 1.50 bits per heavy atom. The summed E-state index contributed by atoms with van der Waals surface area (Å²) in [5.74, 6) is 3.21. The summed E-state index contributed by atoms with van der Waals surface area (Å²) in [6.45, 7) is 2.74. The van der Waals surface area contributed by atoms with Crippen LogP contribution >= 0.6 is 0 Å². The highest BCUT2D eigenvalue weighted by atomic mass is 16.1. The van der Waals surface area contributed by atoms with Gasteiger partial charge in [0.25, 0.3) is 0 Å². The van der Waals surface area contributed by atoms with Gasteiger partial charge >= 0.3 is 0 Å². The van der Waals surface area contributed by atoms with E-state index < -0.39 is 0 Å². The summed E-state index contributed by atoms with van der Waals surface area (Å²) in [7, 11) is 0. The molecule has 0 aromatic carbocycles. The predicted molar refractivity (Wildman–Crippen MR) is 74.9 cm³/mol. The molecule has 1 amide bonds. The van der Waals surface area contributed by atoms with Crippen LogP contribution in [0.2, 0.25) is 0 Å². The Balaban J connectivity index is 2.42. The highest BCUT2D eigenvalue weighted by Gasteiger charge is 2.37. The minimum Gasteiger partial charge on any atom is -0.349 e. The second kappa shape index (κ2) is 7.43. The number of carbonyl (C=O) groups excluding carboxylic acids is 1. The molecule has 0 saturated heterocycles. The molecule has 3 heteroatoms. The summed E-state index contributed by atoms with van der Waals surface area (Å²) >= 11 is 0. The quantitative estimate of drug-likeness (QED) is 0.561. The first-order chi connectivity index (χ1) is 8.64. The molecule has 2 unspecified atom stereocenters. The summed E-state index contributed by atoms with van der Waals surface area (Å²) in [4.78, 5) is 12.0. The van der Waals surface area contributed by atoms with Gasteiger partial charge in [-0.05, 0) is 31.6 Å². The highest BCUT2D eigenvalue weighted by Crippen LogP contribution is 2.32. The van der Waals surface area contributed by atoms with Crippen LogP contribution < -0.4 is 11.1 Å². The van der Waals surface area contributed by atoms with Crippen LogP contribution in [0.15, 0.2) is 0 Å². The molecule has 1 saturated carbocycles. The monoisotopic (exact) mass is 250 g/mol. The van der Waals surface area contributed by atoms with Gasteiger partial charge in [-0.2, -0.15) is 0 Å². The van der Waals surface area contributed by atoms with Gasteiger partial charge in [-0.15, -0.1) is 12.3 Å². The number of terminal acetylenes is 1. The zero-order chi connectivity index (χ0) is 13.4. The van der Waals surface area contributed by atoms with Crippen LogP contribution in [0.4, 0.5) is 0 Å². The normalized spacial score (nSPS) is 27.5. The minimum atomic E-state index is -0.165. The van der Waals surface area contributed by atoms with Crippen LogP contribution in [0, 0.1) is 18.3 Å². The van der Waals surface area contributed by atoms with E-state index in [1.54, 1.807) is 0 Å². The smallest absolute Gasteiger partial charge is 0.220 e. The number of amides is 1. The molecule has 3 nitrogen and oxygen atoms in total. The first-order valence-corrected chi connectivity index (χ1v) is 7.09. The molecule has 0 spiro atoms. The molecular formula is C15H26N2O. The van der Waals surface area contributed by atoms with Crippen molar-refractivity contribution >= 4 is 5.91 Å². The van der Waals surface area contributed by atoms with E-state index in [0.717, 1.165) is 32.1 Å². The van der Waals surface area contributed by atoms with Crippen LogP contribution in [-0.4, -0.2) is 18.0 Å². The molecule has 1 rings (SSSR count). The zero-order valence-corrected chi connectivity index (χ0v) is 11.5. The Kier molecular flexibility index (Phi) is 6.21. The molecule has 18 heavy (non-hydrogen) atoms. The average molecular weight is 250 g/mol. The standard InChI is InChI=1S/C15H26N2O/c1-3-4-5-6-10-14(18)17-15(12-16)11-8-7-9-13(15)2/h1,13H,4-12,16H2,2H3,(H,17,18). The van der Waals surface area contributed by atoms with Gasteiger partial charge in [-0.1, -0.05) is 19.8 Å². The molecule has 0 bridgehead atoms. The van der Waals surface area contributed by atoms with Crippen molar-refractivity contribution < 1.29 is 4.79 Å². The fraction of sp³-hybridized carbons (Fsp3) is 0.800. The Morgan fingerprint density at radius 3 is 2.89 bits per heavy atom. The molecule has 0 aliphatic heterocycles. The molecule has 0 radical (unpaired) electrons. The van der Waals surface area contributed by atoms with Crippen molar-refractivity contribution in [1.82, 2.24) is 5.32 Å². The summed E-state index contributed by atoms with van der Waals surface area (Å²) in [5, 5.41) is 3.19. The third kappa shape index (κ3) is 4.03. The van der Waals surface area contributed by atoms with Crippen molar-refractivity contribution in [3.05, 3.63) is 0 Å². The molecule has 0 heterocycles. The lowest BCUT2D eigenvalue weighted by Gasteiger charge is -2.42. The lowest BCUT2D eigenvalue weighted by molar-refractivity contribution is -0.124. The van der Waals surface area contributed by atoms with Gasteiger partial charge in [0.2, 0.25) is 5.91 Å². The third-order valence-corrected chi connectivity index (χ3v) is 4.18. The Morgan fingerprint density at radius 2 is 2.28 bits per heavy atom. The van der Waals surface area contributed by atoms with E-state index in [1.165, 1.54) is 12.8 Å². The SMILES string of the molecule is C#CCCCCC(=O)NC1(CN)CCCCC1C. The van der Waals surface area contributed by atoms with E-state index in [4.69, 9.17) is 12.2 Å². The zero-order valence-electron chi connectivity index (χ0n) is 11.5. The number of hydrogen-bond donors (Lipinski definition) is 2. The van der Waals surface area contributed by atoms with Gasteiger partial charge in [-0.25, -0.2) is 0 Å². The van der Waals surface area contributed by atoms with E-state index >= 15 is 0 Å². The number of carbonyl (C=O) groups is 1. The lowest BCUT2D eigenvalue weighted by atomic mass is 9.73. The molecule has 0 aromatic rings. The largest absolute Gasteiger partial charge is 0.349 e. The highest BCUT2D eigenvalue weighted by molar-refractivity contribution is 5.76. The summed E-state index contributed by atoms with van der Waals surface area (Å²) in [6, 6.07) is 0. The van der Waals surface area contributed by atoms with Crippen molar-refractivity contribution in [2.24, 2.45) is 11.7 Å². The molecule has 1 aliphatic carbocycles. The topological polar surface area (TPSA) is 55.1 Å². The maximum absolute atomic E-state index is 12.0. The van der Waals surface area contributed by atoms with Gasteiger partial charge in [-0.3, -0.25) is 4.79 Å². The minimum absolute atomic E-state index is 0.131. The van der Waals surface area contributed by atoms with Crippen molar-refractivity contribution in [3.63, 3.8) is 0 Å². The van der Waals surface area contributed by atoms with E-state index in [0.29, 0.717) is 18.9 Å². The Labute approximate surface area is 111 Å². The Bertz CT molecular complexity index is 308. The van der Waals surface area contributed by atoms with E-state index in [1.807, 2.05) is 0 Å². The van der Waals surface area contributed by atoms with Gasteiger partial charge in [0, 0.05) is 19.4 Å². The second-order valence-electron chi connectivity index (χ2n) is 5.47. The maximum atomic E-state index is 12.0. The molecule has 3 N–H and O–H groups in total. The van der Waals surface area contributed by atoms with Crippen LogP contribution in [-0.2, 0) is 4.79 Å². The molecule has 1 fully saturated rings. The molecule has 1 aliphatic rings. The number of nitrogens with two attached hydrogens (primary N) is 1. The number of rotatable bonds is 6. The maximum Gasteiger partial charge on any atom is 0.220 e. The lowest BCUT2D eigenvalue weighted by Crippen LogP contribution is -2.59. The second-order valence-corrected chi connectivity index (χ2v) is 5.47. The number of unbranched alkanes of at least 4 members (excludes halogenated alkanes) is 2. The number of hydrogen-bond acceptors (Lipinski definition) is 2. The molecule has 102 valence electrons. The van der Waals surface area contributed by atoms with Crippen LogP contribution in [0.3, 0.4) is 0 Å². The molecular weight excluding hydrogens is 224 g/mol. The Hall–Kier alpha value is -1.01. The number of nitrogens with one attached hydrogen (secondary N) is 1. The van der Waals surface area contributed by atoms with Crippen molar-refractivity contribution in [2.75, 3.05) is 6.54 Å². The van der Waals surface area contributed by atoms with Crippen molar-refractivity contribution in [2.45, 2.75) is 63.8 Å². The van der Waals surface area contributed by atoms with Gasteiger partial charge in [0.05, 0.1) is 5.54 Å². The third-order valence-electron chi connectivity index (χ3n) is 4.18. The van der Waals surface area contributed by atoms with Crippen LogP contribution in [0.1, 0.15) is 58.3 Å². The van der Waals surface area contributed by atoms with Crippen molar-refractivity contribution in [1.29, 1.82) is 0 Å². The fourth-order valence-electron chi connectivity index (χ4n) is 2.81. The fourth-order valence-corrected chi connectivity index (χ4v) is 2.81. The van der Waals surface area contributed by atoms with E-state index in [2.05, 4.69) is 18.2 Å². The van der Waals surface area contributed by atoms with Crippen molar-refractivity contribution in [3.8, 4) is 12.3 Å². The van der Waals surface area contributed by atoms with Gasteiger partial charge in [0.1, 0.15) is 0 Å². The summed E-state index contributed by atoms with van der Waals surface area (Å²) in [6.07, 6.45) is 12.9. The molecule has 0 aromatic heterocycles. The summed E-state index contributed by atoms with van der Waals surface area (Å²) < 4.78 is 0. The van der Waals surface area contributed by atoms with Crippen LogP contribution in [0.5, 0.6) is 0 Å². The summed E-state index contributed by atoms with van der Waals surface area (Å²) in [5.41, 5.74) is 5.75. The van der Waals surface area contributed by atoms with E-state index in [9.17, 15) is 4.79 Å². The van der Waals surface area contributed by atoms with E-state index in [-0.39, 0.29) is 11.4 Å². The van der Waals surface area contributed by atoms with Gasteiger partial charge in [0.15, 0.2) is 0 Å². The average Bonchev–Trinajstić information content (AvgIpc) is 2.37. The first-order valence-electron chi connectivity index (χ1n) is 7.09. The van der Waals surface area contributed by atoms with Crippen LogP contribution in [0.25, 0.3) is 0 Å². The molecule has 2 atom stereocenters. The van der Waals surface area contributed by atoms with Gasteiger partial charge < -0.3 is 11.1 Å².